The molecule has 0 aromatic heterocycles. The molecular formula is C2H4N2O3S2. The second-order valence-electron chi connectivity index (χ2n) is 1.35. The standard InChI is InChI=1S/C2H4N2O3S2/c5-9(6,7)2-4-3-1-8-2/h1-2,4H,(H,5,6,7). The van der Waals surface area contributed by atoms with Gasteiger partial charge in [-0.15, -0.1) is 0 Å². The third-order valence-corrected chi connectivity index (χ3v) is 2.98. The highest BCUT2D eigenvalue weighted by Crippen LogP contribution is 2.14. The lowest BCUT2D eigenvalue weighted by Crippen LogP contribution is -2.25. The molecule has 0 fully saturated rings. The number of nitrogens with zero attached hydrogens (tertiary/aromatic N) is 1. The van der Waals surface area contributed by atoms with Gasteiger partial charge in [0.2, 0.25) is 4.71 Å². The first-order valence-electron chi connectivity index (χ1n) is 1.99. The minimum Gasteiger partial charge on any atom is -0.283 e. The summed E-state index contributed by atoms with van der Waals surface area (Å²) in [5.41, 5.74) is 3.51. The average molecular weight is 168 g/mol. The van der Waals surface area contributed by atoms with Crippen molar-refractivity contribution < 1.29 is 13.0 Å². The lowest BCUT2D eigenvalue weighted by molar-refractivity contribution is 0.474. The lowest BCUT2D eigenvalue weighted by atomic mass is 11.4. The van der Waals surface area contributed by atoms with Crippen LogP contribution in [-0.4, -0.2) is 23.2 Å². The molecule has 1 unspecified atom stereocenters. The van der Waals surface area contributed by atoms with E-state index in [2.05, 4.69) is 10.5 Å². The second kappa shape index (κ2) is 2.16. The van der Waals surface area contributed by atoms with Crippen LogP contribution in [0.15, 0.2) is 5.10 Å². The van der Waals surface area contributed by atoms with Crippen molar-refractivity contribution in [2.75, 3.05) is 0 Å². The van der Waals surface area contributed by atoms with Gasteiger partial charge < -0.3 is 0 Å². The number of rotatable bonds is 1. The van der Waals surface area contributed by atoms with Gasteiger partial charge in [0.15, 0.2) is 0 Å². The summed E-state index contributed by atoms with van der Waals surface area (Å²) in [6, 6.07) is 0. The SMILES string of the molecule is O=S(=O)(O)C1NN=CS1. The van der Waals surface area contributed by atoms with Crippen molar-refractivity contribution in [3.63, 3.8) is 0 Å². The predicted molar refractivity (Wildman–Crippen MR) is 34.6 cm³/mol. The molecule has 1 aliphatic heterocycles. The van der Waals surface area contributed by atoms with Gasteiger partial charge in [0, 0.05) is 0 Å². The van der Waals surface area contributed by atoms with Crippen LogP contribution < -0.4 is 5.43 Å². The highest BCUT2D eigenvalue weighted by molar-refractivity contribution is 8.20. The molecule has 0 saturated heterocycles. The molecule has 0 saturated carbocycles. The van der Waals surface area contributed by atoms with Gasteiger partial charge in [-0.3, -0.25) is 9.98 Å². The Labute approximate surface area is 56.3 Å². The first kappa shape index (κ1) is 6.84. The van der Waals surface area contributed by atoms with E-state index in [4.69, 9.17) is 4.55 Å². The Balaban J connectivity index is 2.68. The Kier molecular flexibility index (Phi) is 1.64. The third kappa shape index (κ3) is 1.57. The summed E-state index contributed by atoms with van der Waals surface area (Å²) in [5.74, 6) is 0. The molecule has 2 N–H and O–H groups in total. The van der Waals surface area contributed by atoms with E-state index in [1.807, 2.05) is 0 Å². The second-order valence-corrected chi connectivity index (χ2v) is 4.10. The van der Waals surface area contributed by atoms with Crippen LogP contribution >= 0.6 is 11.8 Å². The van der Waals surface area contributed by atoms with E-state index in [9.17, 15) is 8.42 Å². The summed E-state index contributed by atoms with van der Waals surface area (Å²) in [7, 11) is -3.98. The molecule has 7 heteroatoms. The van der Waals surface area contributed by atoms with Crippen molar-refractivity contribution in [2.24, 2.45) is 5.10 Å². The topological polar surface area (TPSA) is 78.8 Å². The molecule has 1 atom stereocenters. The quantitative estimate of drug-likeness (QED) is 0.513. The van der Waals surface area contributed by atoms with Crippen LogP contribution in [0.1, 0.15) is 0 Å². The molecule has 0 aromatic carbocycles. The highest BCUT2D eigenvalue weighted by atomic mass is 32.3. The van der Waals surface area contributed by atoms with Crippen LogP contribution in [0.4, 0.5) is 0 Å². The summed E-state index contributed by atoms with van der Waals surface area (Å²) >= 11 is 0.909. The zero-order valence-electron chi connectivity index (χ0n) is 4.18. The molecule has 0 aromatic rings. The first-order valence-corrected chi connectivity index (χ1v) is 4.44. The maximum Gasteiger partial charge on any atom is 0.297 e. The molecule has 1 heterocycles. The summed E-state index contributed by atoms with van der Waals surface area (Å²) < 4.78 is 27.8. The number of hydrogen-bond acceptors (Lipinski definition) is 5. The lowest BCUT2D eigenvalue weighted by Gasteiger charge is -2.01. The fourth-order valence-corrected chi connectivity index (χ4v) is 1.60. The Bertz CT molecular complexity index is 212. The molecule has 0 aliphatic carbocycles. The van der Waals surface area contributed by atoms with E-state index in [0.29, 0.717) is 0 Å². The van der Waals surface area contributed by atoms with Crippen LogP contribution in [-0.2, 0) is 10.1 Å². The molecule has 0 amide bonds. The largest absolute Gasteiger partial charge is 0.297 e. The number of nitrogens with one attached hydrogen (secondary N) is 1. The minimum absolute atomic E-state index is 0.909. The zero-order chi connectivity index (χ0) is 6.91. The molecule has 0 spiro atoms. The van der Waals surface area contributed by atoms with E-state index in [1.54, 1.807) is 0 Å². The normalized spacial score (nSPS) is 26.1. The van der Waals surface area contributed by atoms with Crippen LogP contribution in [0, 0.1) is 0 Å². The number of thioether (sulfide) groups is 1. The van der Waals surface area contributed by atoms with Gasteiger partial charge in [-0.05, 0) is 0 Å². The van der Waals surface area contributed by atoms with Gasteiger partial charge in [0.05, 0.1) is 5.55 Å². The number of hydrazone groups is 1. The summed E-state index contributed by atoms with van der Waals surface area (Å²) in [6.07, 6.45) is 0. The monoisotopic (exact) mass is 168 g/mol. The van der Waals surface area contributed by atoms with Gasteiger partial charge in [0.1, 0.15) is 0 Å². The van der Waals surface area contributed by atoms with E-state index in [-0.39, 0.29) is 0 Å². The van der Waals surface area contributed by atoms with Gasteiger partial charge in [-0.25, -0.2) is 0 Å². The molecule has 0 bridgehead atoms. The Morgan fingerprint density at radius 2 is 2.44 bits per heavy atom. The summed E-state index contributed by atoms with van der Waals surface area (Å²) in [4.78, 5) is 0. The van der Waals surface area contributed by atoms with Gasteiger partial charge in [0.25, 0.3) is 10.1 Å². The molecule has 9 heavy (non-hydrogen) atoms. The van der Waals surface area contributed by atoms with Crippen LogP contribution in [0.3, 0.4) is 0 Å². The maximum absolute atomic E-state index is 10.2. The smallest absolute Gasteiger partial charge is 0.283 e. The molecule has 5 nitrogen and oxygen atoms in total. The summed E-state index contributed by atoms with van der Waals surface area (Å²) in [5, 5.41) is 3.38. The molecule has 52 valence electrons. The van der Waals surface area contributed by atoms with Gasteiger partial charge >= 0.3 is 0 Å². The Morgan fingerprint density at radius 3 is 2.67 bits per heavy atom. The summed E-state index contributed by atoms with van der Waals surface area (Å²) in [6.45, 7) is 0. The highest BCUT2D eigenvalue weighted by Gasteiger charge is 2.24. The van der Waals surface area contributed by atoms with Crippen LogP contribution in [0.25, 0.3) is 0 Å². The van der Waals surface area contributed by atoms with Gasteiger partial charge in [-0.1, -0.05) is 11.8 Å². The van der Waals surface area contributed by atoms with E-state index in [0.717, 1.165) is 11.8 Å². The minimum atomic E-state index is -3.98. The van der Waals surface area contributed by atoms with Crippen molar-refractivity contribution in [3.8, 4) is 0 Å². The fourth-order valence-electron chi connectivity index (χ4n) is 0.344. The van der Waals surface area contributed by atoms with Crippen LogP contribution in [0.2, 0.25) is 0 Å². The van der Waals surface area contributed by atoms with Crippen molar-refractivity contribution in [1.82, 2.24) is 5.43 Å². The average Bonchev–Trinajstić information content (AvgIpc) is 2.08. The van der Waals surface area contributed by atoms with Crippen LogP contribution in [0.5, 0.6) is 0 Å². The molecule has 1 aliphatic rings. The van der Waals surface area contributed by atoms with E-state index < -0.39 is 14.8 Å². The Hall–Kier alpha value is -0.270. The van der Waals surface area contributed by atoms with Gasteiger partial charge in [-0.2, -0.15) is 13.5 Å². The third-order valence-electron chi connectivity index (χ3n) is 0.688. The van der Waals surface area contributed by atoms with Crippen molar-refractivity contribution in [2.45, 2.75) is 4.71 Å². The maximum atomic E-state index is 10.2. The molecule has 1 rings (SSSR count). The predicted octanol–water partition coefficient (Wildman–Crippen LogP) is -0.562. The van der Waals surface area contributed by atoms with Crippen molar-refractivity contribution in [1.29, 1.82) is 0 Å². The molecule has 0 radical (unpaired) electrons. The fraction of sp³-hybridized carbons (Fsp3) is 0.500. The number of hydrogen-bond donors (Lipinski definition) is 2. The first-order chi connectivity index (χ1) is 4.11. The Morgan fingerprint density at radius 1 is 1.78 bits per heavy atom. The molecular weight excluding hydrogens is 164 g/mol. The van der Waals surface area contributed by atoms with Crippen molar-refractivity contribution in [3.05, 3.63) is 0 Å². The zero-order valence-corrected chi connectivity index (χ0v) is 5.82. The van der Waals surface area contributed by atoms with E-state index >= 15 is 0 Å². The van der Waals surface area contributed by atoms with Crippen molar-refractivity contribution >= 4 is 27.4 Å². The van der Waals surface area contributed by atoms with E-state index in [1.165, 1.54) is 5.55 Å².